The van der Waals surface area contributed by atoms with E-state index in [1.54, 1.807) is 48.0 Å². The van der Waals surface area contributed by atoms with Crippen molar-refractivity contribution in [2.24, 2.45) is 0 Å². The fourth-order valence-electron chi connectivity index (χ4n) is 2.93. The maximum Gasteiger partial charge on any atom is 0.266 e. The number of aromatic nitrogens is 2. The van der Waals surface area contributed by atoms with E-state index in [2.05, 4.69) is 15.7 Å². The molecule has 0 radical (unpaired) electrons. The third-order valence-corrected chi connectivity index (χ3v) is 5.12. The second-order valence-corrected chi connectivity index (χ2v) is 7.75. The summed E-state index contributed by atoms with van der Waals surface area (Å²) in [4.78, 5) is 23.7. The molecule has 2 aromatic carbocycles. The number of hydrogen-bond acceptors (Lipinski definition) is 4. The highest BCUT2D eigenvalue weighted by molar-refractivity contribution is 6.31. The maximum absolute atomic E-state index is 12.6. The van der Waals surface area contributed by atoms with Crippen molar-refractivity contribution in [3.8, 4) is 6.07 Å². The first-order chi connectivity index (χ1) is 15.3. The standard InChI is InChI=1S/C23H19Cl2N5O2/c1-14-21(22(25)30(29-14)13-16-3-5-18(24)6-4-16)11-17(12-26)23(32)28-20-9-7-19(8-10-20)27-15(2)31/h3-11H,13H2,1-2H3,(H,27,31)(H,28,32)/b17-11+. The summed E-state index contributed by atoms with van der Waals surface area (Å²) in [5.41, 5.74) is 2.99. The number of nitrogens with zero attached hydrogens (tertiary/aromatic N) is 3. The number of anilines is 2. The first kappa shape index (κ1) is 23.1. The van der Waals surface area contributed by atoms with E-state index < -0.39 is 5.91 Å². The van der Waals surface area contributed by atoms with E-state index >= 15 is 0 Å². The topological polar surface area (TPSA) is 99.8 Å². The molecule has 9 heteroatoms. The van der Waals surface area contributed by atoms with Crippen molar-refractivity contribution in [2.75, 3.05) is 10.6 Å². The van der Waals surface area contributed by atoms with E-state index in [4.69, 9.17) is 23.2 Å². The van der Waals surface area contributed by atoms with Crippen molar-refractivity contribution >= 4 is 52.5 Å². The van der Waals surface area contributed by atoms with Crippen molar-refractivity contribution < 1.29 is 9.59 Å². The summed E-state index contributed by atoms with van der Waals surface area (Å²) in [5.74, 6) is -0.777. The normalized spacial score (nSPS) is 11.0. The molecule has 3 aromatic rings. The highest BCUT2D eigenvalue weighted by Crippen LogP contribution is 2.24. The van der Waals surface area contributed by atoms with E-state index in [0.717, 1.165) is 5.56 Å². The van der Waals surface area contributed by atoms with Crippen LogP contribution in [0.15, 0.2) is 54.1 Å². The van der Waals surface area contributed by atoms with Gasteiger partial charge in [-0.2, -0.15) is 10.4 Å². The second kappa shape index (κ2) is 10.1. The molecule has 0 atom stereocenters. The number of amides is 2. The summed E-state index contributed by atoms with van der Waals surface area (Å²) in [6.07, 6.45) is 1.42. The Labute approximate surface area is 195 Å². The van der Waals surface area contributed by atoms with E-state index in [1.807, 2.05) is 18.2 Å². The molecule has 2 N–H and O–H groups in total. The van der Waals surface area contributed by atoms with Gasteiger partial charge in [-0.3, -0.25) is 9.59 Å². The van der Waals surface area contributed by atoms with Gasteiger partial charge >= 0.3 is 0 Å². The highest BCUT2D eigenvalue weighted by Gasteiger charge is 2.16. The van der Waals surface area contributed by atoms with Crippen LogP contribution in [0.4, 0.5) is 11.4 Å². The summed E-state index contributed by atoms with van der Waals surface area (Å²) in [7, 11) is 0. The van der Waals surface area contributed by atoms with Gasteiger partial charge in [0.2, 0.25) is 5.91 Å². The molecule has 0 saturated heterocycles. The third-order valence-electron chi connectivity index (χ3n) is 4.47. The zero-order chi connectivity index (χ0) is 23.3. The average Bonchev–Trinajstić information content (AvgIpc) is 3.01. The lowest BCUT2D eigenvalue weighted by Gasteiger charge is -2.06. The van der Waals surface area contributed by atoms with E-state index in [0.29, 0.717) is 39.4 Å². The number of halogens is 2. The van der Waals surface area contributed by atoms with Gasteiger partial charge in [-0.1, -0.05) is 35.3 Å². The summed E-state index contributed by atoms with van der Waals surface area (Å²) in [6.45, 7) is 3.58. The van der Waals surface area contributed by atoms with Crippen LogP contribution in [0.3, 0.4) is 0 Å². The molecule has 0 bridgehead atoms. The molecule has 7 nitrogen and oxygen atoms in total. The zero-order valence-corrected chi connectivity index (χ0v) is 18.8. The van der Waals surface area contributed by atoms with Gasteiger partial charge in [0.25, 0.3) is 5.91 Å². The number of hydrogen-bond donors (Lipinski definition) is 2. The molecule has 0 saturated carbocycles. The molecule has 0 aliphatic heterocycles. The molecule has 1 aromatic heterocycles. The van der Waals surface area contributed by atoms with Crippen molar-refractivity contribution in [3.63, 3.8) is 0 Å². The maximum atomic E-state index is 12.6. The van der Waals surface area contributed by atoms with Gasteiger partial charge in [-0.05, 0) is 55.0 Å². The Bertz CT molecular complexity index is 1220. The summed E-state index contributed by atoms with van der Waals surface area (Å²) in [6, 6.07) is 15.8. The fourth-order valence-corrected chi connectivity index (χ4v) is 3.35. The summed E-state index contributed by atoms with van der Waals surface area (Å²) >= 11 is 12.4. The van der Waals surface area contributed by atoms with Crippen LogP contribution in [-0.2, 0) is 16.1 Å². The first-order valence-electron chi connectivity index (χ1n) is 9.55. The molecule has 3 rings (SSSR count). The minimum Gasteiger partial charge on any atom is -0.326 e. The monoisotopic (exact) mass is 467 g/mol. The number of aryl methyl sites for hydroxylation is 1. The lowest BCUT2D eigenvalue weighted by atomic mass is 10.1. The smallest absolute Gasteiger partial charge is 0.266 e. The molecular formula is C23H19Cl2N5O2. The van der Waals surface area contributed by atoms with Crippen molar-refractivity contribution in [3.05, 3.63) is 81.1 Å². The summed E-state index contributed by atoms with van der Waals surface area (Å²) in [5, 5.41) is 20.2. The van der Waals surface area contributed by atoms with Gasteiger partial charge in [0, 0.05) is 28.9 Å². The zero-order valence-electron chi connectivity index (χ0n) is 17.3. The van der Waals surface area contributed by atoms with Crippen LogP contribution in [0.5, 0.6) is 0 Å². The number of rotatable bonds is 6. The number of benzene rings is 2. The van der Waals surface area contributed by atoms with Crippen LogP contribution in [-0.4, -0.2) is 21.6 Å². The Morgan fingerprint density at radius 3 is 2.22 bits per heavy atom. The third kappa shape index (κ3) is 5.76. The average molecular weight is 468 g/mol. The molecule has 0 aliphatic rings. The lowest BCUT2D eigenvalue weighted by molar-refractivity contribution is -0.114. The SMILES string of the molecule is CC(=O)Nc1ccc(NC(=O)/C(C#N)=C/c2c(C)nn(Cc3ccc(Cl)cc3)c2Cl)cc1. The van der Waals surface area contributed by atoms with Gasteiger partial charge in [0.15, 0.2) is 0 Å². The Balaban J connectivity index is 1.78. The van der Waals surface area contributed by atoms with Crippen LogP contribution in [0.1, 0.15) is 23.7 Å². The number of carbonyl (C=O) groups excluding carboxylic acids is 2. The lowest BCUT2D eigenvalue weighted by Crippen LogP contribution is -2.13. The van der Waals surface area contributed by atoms with Gasteiger partial charge in [-0.25, -0.2) is 4.68 Å². The minimum atomic E-state index is -0.583. The number of carbonyl (C=O) groups is 2. The predicted octanol–water partition coefficient (Wildman–Crippen LogP) is 5.05. The Morgan fingerprint density at radius 2 is 1.66 bits per heavy atom. The molecule has 162 valence electrons. The van der Waals surface area contributed by atoms with Crippen molar-refractivity contribution in [1.29, 1.82) is 5.26 Å². The second-order valence-electron chi connectivity index (χ2n) is 6.96. The first-order valence-corrected chi connectivity index (χ1v) is 10.3. The molecule has 0 aliphatic carbocycles. The van der Waals surface area contributed by atoms with Gasteiger partial charge in [0.1, 0.15) is 16.8 Å². The molecule has 0 fully saturated rings. The molecule has 0 unspecified atom stereocenters. The van der Waals surface area contributed by atoms with Gasteiger partial charge < -0.3 is 10.6 Å². The summed E-state index contributed by atoms with van der Waals surface area (Å²) < 4.78 is 1.60. The van der Waals surface area contributed by atoms with Gasteiger partial charge in [0.05, 0.1) is 12.2 Å². The molecule has 1 heterocycles. The van der Waals surface area contributed by atoms with Crippen molar-refractivity contribution in [1.82, 2.24) is 9.78 Å². The van der Waals surface area contributed by atoms with Crippen LogP contribution in [0.2, 0.25) is 10.2 Å². The largest absolute Gasteiger partial charge is 0.326 e. The van der Waals surface area contributed by atoms with Crippen LogP contribution in [0, 0.1) is 18.3 Å². The van der Waals surface area contributed by atoms with E-state index in [9.17, 15) is 14.9 Å². The minimum absolute atomic E-state index is 0.119. The van der Waals surface area contributed by atoms with Crippen LogP contribution >= 0.6 is 23.2 Å². The van der Waals surface area contributed by atoms with E-state index in [-0.39, 0.29) is 11.5 Å². The van der Waals surface area contributed by atoms with E-state index in [1.165, 1.54) is 13.0 Å². The van der Waals surface area contributed by atoms with Crippen molar-refractivity contribution in [2.45, 2.75) is 20.4 Å². The van der Waals surface area contributed by atoms with Gasteiger partial charge in [-0.15, -0.1) is 0 Å². The number of nitriles is 1. The predicted molar refractivity (Wildman–Crippen MR) is 125 cm³/mol. The molecular weight excluding hydrogens is 449 g/mol. The Morgan fingerprint density at radius 1 is 1.06 bits per heavy atom. The molecule has 0 spiro atoms. The molecule has 2 amide bonds. The quantitative estimate of drug-likeness (QED) is 0.391. The Kier molecular flexibility index (Phi) is 7.31. The fraction of sp³-hybridized carbons (Fsp3) is 0.130. The van der Waals surface area contributed by atoms with Crippen LogP contribution in [0.25, 0.3) is 6.08 Å². The Hall–Kier alpha value is -3.60. The highest BCUT2D eigenvalue weighted by atomic mass is 35.5. The number of nitrogens with one attached hydrogen (secondary N) is 2. The molecule has 32 heavy (non-hydrogen) atoms. The van der Waals surface area contributed by atoms with Crippen LogP contribution < -0.4 is 10.6 Å².